The number of rotatable bonds is 1. The zero-order valence-corrected chi connectivity index (χ0v) is 5.98. The number of nitrogens with zero attached hydrogens (tertiary/aromatic N) is 2. The number of hydrogen-bond donors (Lipinski definition) is 1. The van der Waals surface area contributed by atoms with Crippen molar-refractivity contribution in [3.05, 3.63) is 6.92 Å². The molecular weight excluding hydrogens is 134 g/mol. The first kappa shape index (κ1) is 8.47. The van der Waals surface area contributed by atoms with E-state index >= 15 is 0 Å². The lowest BCUT2D eigenvalue weighted by Crippen LogP contribution is -2.24. The minimum absolute atomic E-state index is 0.375. The van der Waals surface area contributed by atoms with Crippen molar-refractivity contribution in [2.75, 3.05) is 6.26 Å². The minimum Gasteiger partial charge on any atom is -0.322 e. The van der Waals surface area contributed by atoms with Crippen LogP contribution in [-0.2, 0) is 0 Å². The number of thioether (sulfide) groups is 1. The van der Waals surface area contributed by atoms with Crippen LogP contribution in [0.4, 0.5) is 0 Å². The Morgan fingerprint density at radius 3 is 2.67 bits per heavy atom. The highest BCUT2D eigenvalue weighted by Gasteiger charge is 2.01. The standard InChI is InChI=1S/C5H8N3S/c1-4(7)5(9-2)8-3-6/h4H,1,7H2,2H3. The monoisotopic (exact) mass is 142 g/mol. The van der Waals surface area contributed by atoms with E-state index in [1.165, 1.54) is 11.8 Å². The Labute approximate surface area is 58.9 Å². The van der Waals surface area contributed by atoms with Crippen LogP contribution in [0.15, 0.2) is 4.99 Å². The first-order valence-corrected chi connectivity index (χ1v) is 3.54. The molecule has 0 rings (SSSR count). The molecule has 0 amide bonds. The molecular formula is C5H8N3S. The summed E-state index contributed by atoms with van der Waals surface area (Å²) in [6.07, 6.45) is 3.45. The van der Waals surface area contributed by atoms with Gasteiger partial charge in [-0.05, 0) is 13.2 Å². The average Bonchev–Trinajstić information content (AvgIpc) is 1.82. The first-order valence-electron chi connectivity index (χ1n) is 2.31. The fraction of sp³-hybridized carbons (Fsp3) is 0.400. The molecule has 0 aliphatic heterocycles. The molecule has 49 valence electrons. The van der Waals surface area contributed by atoms with Crippen molar-refractivity contribution in [2.45, 2.75) is 6.04 Å². The smallest absolute Gasteiger partial charge is 0.206 e. The minimum atomic E-state index is -0.375. The van der Waals surface area contributed by atoms with E-state index < -0.39 is 0 Å². The molecule has 0 aliphatic carbocycles. The van der Waals surface area contributed by atoms with Crippen LogP contribution in [0.25, 0.3) is 0 Å². The number of nitriles is 1. The summed E-state index contributed by atoms with van der Waals surface area (Å²) in [5, 5.41) is 8.65. The Kier molecular flexibility index (Phi) is 4.10. The van der Waals surface area contributed by atoms with Gasteiger partial charge in [0.15, 0.2) is 0 Å². The molecule has 0 aromatic rings. The number of aliphatic imine (C=N–C) groups is 1. The summed E-state index contributed by atoms with van der Waals surface area (Å²) in [5.41, 5.74) is 5.32. The van der Waals surface area contributed by atoms with Gasteiger partial charge in [-0.3, -0.25) is 0 Å². The maximum atomic E-state index is 8.08. The third-order valence-corrected chi connectivity index (χ3v) is 1.50. The normalized spacial score (nSPS) is 14.7. The van der Waals surface area contributed by atoms with Crippen LogP contribution in [0.5, 0.6) is 0 Å². The SMILES string of the molecule is [CH2]C(N)C(=NC#N)SC. The van der Waals surface area contributed by atoms with Crippen molar-refractivity contribution in [1.29, 1.82) is 5.26 Å². The van der Waals surface area contributed by atoms with Crippen LogP contribution >= 0.6 is 11.8 Å². The molecule has 1 radical (unpaired) electrons. The van der Waals surface area contributed by atoms with E-state index in [0.29, 0.717) is 5.04 Å². The Morgan fingerprint density at radius 2 is 2.56 bits per heavy atom. The van der Waals surface area contributed by atoms with E-state index in [2.05, 4.69) is 11.9 Å². The van der Waals surface area contributed by atoms with Crippen molar-refractivity contribution in [3.8, 4) is 6.19 Å². The van der Waals surface area contributed by atoms with Crippen LogP contribution in [0.1, 0.15) is 0 Å². The van der Waals surface area contributed by atoms with Crippen LogP contribution < -0.4 is 5.73 Å². The van der Waals surface area contributed by atoms with E-state index in [0.717, 1.165) is 0 Å². The molecule has 4 heteroatoms. The molecule has 0 fully saturated rings. The highest BCUT2D eigenvalue weighted by Crippen LogP contribution is 2.00. The number of nitrogens with two attached hydrogens (primary N) is 1. The van der Waals surface area contributed by atoms with Gasteiger partial charge in [-0.1, -0.05) is 0 Å². The van der Waals surface area contributed by atoms with Gasteiger partial charge < -0.3 is 5.73 Å². The molecule has 0 spiro atoms. The summed E-state index contributed by atoms with van der Waals surface area (Å²) in [6, 6.07) is -0.375. The maximum absolute atomic E-state index is 8.08. The second-order valence-corrected chi connectivity index (χ2v) is 2.19. The van der Waals surface area contributed by atoms with E-state index in [-0.39, 0.29) is 6.04 Å². The summed E-state index contributed by atoms with van der Waals surface area (Å²) in [4.78, 5) is 3.44. The lowest BCUT2D eigenvalue weighted by molar-refractivity contribution is 1.10. The van der Waals surface area contributed by atoms with Crippen molar-refractivity contribution in [1.82, 2.24) is 0 Å². The summed E-state index contributed by atoms with van der Waals surface area (Å²) < 4.78 is 0. The zero-order valence-electron chi connectivity index (χ0n) is 5.16. The molecule has 0 aromatic heterocycles. The highest BCUT2D eigenvalue weighted by molar-refractivity contribution is 8.13. The van der Waals surface area contributed by atoms with Crippen molar-refractivity contribution in [3.63, 3.8) is 0 Å². The average molecular weight is 142 g/mol. The topological polar surface area (TPSA) is 62.2 Å². The van der Waals surface area contributed by atoms with E-state index in [9.17, 15) is 0 Å². The third-order valence-electron chi connectivity index (χ3n) is 0.687. The zero-order chi connectivity index (χ0) is 7.28. The molecule has 1 unspecified atom stereocenters. The Bertz CT molecular complexity index is 145. The molecule has 0 saturated heterocycles. The van der Waals surface area contributed by atoms with E-state index in [4.69, 9.17) is 11.0 Å². The summed E-state index contributed by atoms with van der Waals surface area (Å²) in [5.74, 6) is 0. The Hall–Kier alpha value is -0.530. The fourth-order valence-electron chi connectivity index (χ4n) is 0.329. The maximum Gasteiger partial charge on any atom is 0.206 e. The van der Waals surface area contributed by atoms with Gasteiger partial charge in [-0.25, -0.2) is 0 Å². The molecule has 0 saturated carbocycles. The quantitative estimate of drug-likeness (QED) is 0.327. The van der Waals surface area contributed by atoms with Crippen molar-refractivity contribution in [2.24, 2.45) is 10.7 Å². The Balaban J connectivity index is 4.02. The van der Waals surface area contributed by atoms with Gasteiger partial charge in [-0.15, -0.1) is 11.8 Å². The first-order chi connectivity index (χ1) is 4.22. The second kappa shape index (κ2) is 4.36. The van der Waals surface area contributed by atoms with E-state index in [1.54, 1.807) is 12.4 Å². The molecule has 0 heterocycles. The van der Waals surface area contributed by atoms with Crippen LogP contribution in [0.2, 0.25) is 0 Å². The van der Waals surface area contributed by atoms with Gasteiger partial charge in [0.1, 0.15) is 5.04 Å². The molecule has 9 heavy (non-hydrogen) atoms. The lowest BCUT2D eigenvalue weighted by Gasteiger charge is -2.01. The van der Waals surface area contributed by atoms with Crippen LogP contribution in [0.3, 0.4) is 0 Å². The third kappa shape index (κ3) is 3.12. The van der Waals surface area contributed by atoms with Gasteiger partial charge in [0.25, 0.3) is 0 Å². The van der Waals surface area contributed by atoms with Crippen LogP contribution in [0, 0.1) is 18.4 Å². The van der Waals surface area contributed by atoms with Gasteiger partial charge in [0.05, 0.1) is 6.04 Å². The second-order valence-electron chi connectivity index (χ2n) is 1.36. The lowest BCUT2D eigenvalue weighted by atomic mass is 10.4. The Morgan fingerprint density at radius 1 is 2.00 bits per heavy atom. The molecule has 0 aromatic carbocycles. The fourth-order valence-corrected chi connectivity index (χ4v) is 0.764. The van der Waals surface area contributed by atoms with Gasteiger partial charge in [-0.2, -0.15) is 10.3 Å². The van der Waals surface area contributed by atoms with Gasteiger partial charge in [0, 0.05) is 0 Å². The summed E-state index contributed by atoms with van der Waals surface area (Å²) >= 11 is 1.34. The predicted octanol–water partition coefficient (Wildman–Crippen LogP) is 0.390. The van der Waals surface area contributed by atoms with Crippen molar-refractivity contribution >= 4 is 16.8 Å². The summed E-state index contributed by atoms with van der Waals surface area (Å²) in [6.45, 7) is 3.50. The molecule has 3 nitrogen and oxygen atoms in total. The van der Waals surface area contributed by atoms with Gasteiger partial charge in [0.2, 0.25) is 6.19 Å². The molecule has 2 N–H and O–H groups in total. The molecule has 1 atom stereocenters. The molecule has 0 aliphatic rings. The summed E-state index contributed by atoms with van der Waals surface area (Å²) in [7, 11) is 0. The molecule has 0 bridgehead atoms. The number of hydrogen-bond acceptors (Lipinski definition) is 4. The van der Waals surface area contributed by atoms with Crippen molar-refractivity contribution < 1.29 is 0 Å². The van der Waals surface area contributed by atoms with Crippen LogP contribution in [-0.4, -0.2) is 17.3 Å². The van der Waals surface area contributed by atoms with Gasteiger partial charge >= 0.3 is 0 Å². The highest BCUT2D eigenvalue weighted by atomic mass is 32.2. The van der Waals surface area contributed by atoms with E-state index in [1.807, 2.05) is 0 Å². The predicted molar refractivity (Wildman–Crippen MR) is 39.9 cm³/mol. The largest absolute Gasteiger partial charge is 0.322 e.